The molecule has 1 heterocycles. The van der Waals surface area contributed by atoms with Crippen LogP contribution in [0.3, 0.4) is 0 Å². The number of aryl methyl sites for hydroxylation is 1. The van der Waals surface area contributed by atoms with Crippen molar-refractivity contribution in [1.29, 1.82) is 0 Å². The van der Waals surface area contributed by atoms with Gasteiger partial charge in [0.2, 0.25) is 0 Å². The van der Waals surface area contributed by atoms with Crippen molar-refractivity contribution in [2.45, 2.75) is 26.8 Å². The quantitative estimate of drug-likeness (QED) is 0.419. The summed E-state index contributed by atoms with van der Waals surface area (Å²) in [5.41, 5.74) is 0. The highest BCUT2D eigenvalue weighted by Crippen LogP contribution is 2.04. The van der Waals surface area contributed by atoms with Gasteiger partial charge >= 0.3 is 0 Å². The van der Waals surface area contributed by atoms with Crippen LogP contribution in [0.5, 0.6) is 0 Å². The van der Waals surface area contributed by atoms with Gasteiger partial charge in [0.15, 0.2) is 0 Å². The highest BCUT2D eigenvalue weighted by atomic mass is 127. The SMILES string of the molecule is Cc1n(C(C)C)cc[n+]1C.[I-]. The van der Waals surface area contributed by atoms with Crippen molar-refractivity contribution in [2.24, 2.45) is 7.05 Å². The molecule has 2 nitrogen and oxygen atoms in total. The number of imidazole rings is 1. The Morgan fingerprint density at radius 3 is 2.18 bits per heavy atom. The van der Waals surface area contributed by atoms with Gasteiger partial charge in [-0.25, -0.2) is 9.13 Å². The Morgan fingerprint density at radius 1 is 1.45 bits per heavy atom. The van der Waals surface area contributed by atoms with Gasteiger partial charge in [0, 0.05) is 6.92 Å². The Hall–Kier alpha value is -0.0600. The normalized spacial score (nSPS) is 9.91. The van der Waals surface area contributed by atoms with E-state index in [1.165, 1.54) is 5.82 Å². The molecule has 0 bridgehead atoms. The molecule has 0 saturated heterocycles. The zero-order chi connectivity index (χ0) is 7.72. The van der Waals surface area contributed by atoms with E-state index in [0.29, 0.717) is 6.04 Å². The second-order valence-electron chi connectivity index (χ2n) is 2.96. The molecule has 1 aromatic rings. The van der Waals surface area contributed by atoms with E-state index >= 15 is 0 Å². The summed E-state index contributed by atoms with van der Waals surface area (Å²) in [6, 6.07) is 0.571. The molecule has 0 unspecified atom stereocenters. The van der Waals surface area contributed by atoms with Crippen molar-refractivity contribution >= 4 is 0 Å². The van der Waals surface area contributed by atoms with Crippen LogP contribution in [-0.4, -0.2) is 4.57 Å². The van der Waals surface area contributed by atoms with Crippen molar-refractivity contribution in [3.8, 4) is 0 Å². The summed E-state index contributed by atoms with van der Waals surface area (Å²) in [5.74, 6) is 1.30. The zero-order valence-electron chi connectivity index (χ0n) is 7.50. The van der Waals surface area contributed by atoms with Crippen LogP contribution in [0.1, 0.15) is 25.7 Å². The molecule has 1 aromatic heterocycles. The highest BCUT2D eigenvalue weighted by molar-refractivity contribution is 4.81. The third-order valence-corrected chi connectivity index (χ3v) is 1.89. The van der Waals surface area contributed by atoms with E-state index in [1.807, 2.05) is 0 Å². The minimum absolute atomic E-state index is 0. The van der Waals surface area contributed by atoms with E-state index < -0.39 is 0 Å². The van der Waals surface area contributed by atoms with Crippen LogP contribution in [0.25, 0.3) is 0 Å². The van der Waals surface area contributed by atoms with Gasteiger partial charge < -0.3 is 24.0 Å². The summed E-state index contributed by atoms with van der Waals surface area (Å²) >= 11 is 0. The van der Waals surface area contributed by atoms with Crippen LogP contribution in [0, 0.1) is 6.92 Å². The third-order valence-electron chi connectivity index (χ3n) is 1.89. The van der Waals surface area contributed by atoms with Gasteiger partial charge in [-0.3, -0.25) is 0 Å². The van der Waals surface area contributed by atoms with Gasteiger partial charge in [-0.1, -0.05) is 0 Å². The molecule has 0 saturated carbocycles. The zero-order valence-corrected chi connectivity index (χ0v) is 9.66. The number of nitrogens with zero attached hydrogens (tertiary/aromatic N) is 2. The van der Waals surface area contributed by atoms with Crippen molar-refractivity contribution in [3.63, 3.8) is 0 Å². The Morgan fingerprint density at radius 2 is 2.00 bits per heavy atom. The average Bonchev–Trinajstić information content (AvgIpc) is 2.14. The summed E-state index contributed by atoms with van der Waals surface area (Å²) in [6.07, 6.45) is 4.19. The van der Waals surface area contributed by atoms with Crippen LogP contribution in [-0.2, 0) is 7.05 Å². The standard InChI is InChI=1S/C8H15N2.HI/c1-7(2)10-6-5-9(4)8(10)3;/h5-7H,1-4H3;1H/q+1;/p-1. The minimum atomic E-state index is 0. The van der Waals surface area contributed by atoms with Gasteiger partial charge in [-0.2, -0.15) is 0 Å². The lowest BCUT2D eigenvalue weighted by molar-refractivity contribution is -0.677. The van der Waals surface area contributed by atoms with Gasteiger partial charge in [0.1, 0.15) is 12.4 Å². The Balaban J connectivity index is 0.000001000. The first-order chi connectivity index (χ1) is 4.63. The first-order valence-corrected chi connectivity index (χ1v) is 3.66. The summed E-state index contributed by atoms with van der Waals surface area (Å²) in [5, 5.41) is 0. The lowest BCUT2D eigenvalue weighted by Crippen LogP contribution is -3.00. The van der Waals surface area contributed by atoms with E-state index in [4.69, 9.17) is 0 Å². The Bertz CT molecular complexity index is 228. The predicted molar refractivity (Wildman–Crippen MR) is 40.7 cm³/mol. The number of rotatable bonds is 1. The maximum Gasteiger partial charge on any atom is 0.253 e. The molecule has 0 amide bonds. The van der Waals surface area contributed by atoms with E-state index in [2.05, 4.69) is 49.3 Å². The topological polar surface area (TPSA) is 8.81 Å². The Labute approximate surface area is 85.2 Å². The molecular weight excluding hydrogens is 251 g/mol. The monoisotopic (exact) mass is 266 g/mol. The van der Waals surface area contributed by atoms with Crippen LogP contribution < -0.4 is 28.5 Å². The molecule has 0 fully saturated rings. The fourth-order valence-electron chi connectivity index (χ4n) is 1.12. The molecule has 11 heavy (non-hydrogen) atoms. The fourth-order valence-corrected chi connectivity index (χ4v) is 1.12. The lowest BCUT2D eigenvalue weighted by atomic mass is 10.4. The molecule has 0 aliphatic carbocycles. The molecule has 0 spiro atoms. The van der Waals surface area contributed by atoms with E-state index in [1.54, 1.807) is 0 Å². The molecule has 0 aliphatic rings. The molecule has 0 aromatic carbocycles. The maximum atomic E-state index is 2.25. The van der Waals surface area contributed by atoms with Crippen LogP contribution in [0.2, 0.25) is 0 Å². The summed E-state index contributed by atoms with van der Waals surface area (Å²) in [7, 11) is 2.06. The van der Waals surface area contributed by atoms with Gasteiger partial charge in [0.05, 0.1) is 13.1 Å². The lowest BCUT2D eigenvalue weighted by Gasteiger charge is -2.00. The predicted octanol–water partition coefficient (Wildman–Crippen LogP) is -1.79. The van der Waals surface area contributed by atoms with E-state index in [9.17, 15) is 0 Å². The molecule has 3 heteroatoms. The molecule has 0 atom stereocenters. The smallest absolute Gasteiger partial charge is 0.253 e. The van der Waals surface area contributed by atoms with Gasteiger partial charge in [-0.15, -0.1) is 0 Å². The van der Waals surface area contributed by atoms with Gasteiger partial charge in [-0.05, 0) is 13.8 Å². The largest absolute Gasteiger partial charge is 1.00 e. The first-order valence-electron chi connectivity index (χ1n) is 3.66. The average molecular weight is 266 g/mol. The van der Waals surface area contributed by atoms with Crippen LogP contribution >= 0.6 is 0 Å². The first kappa shape index (κ1) is 10.9. The van der Waals surface area contributed by atoms with Crippen molar-refractivity contribution in [1.82, 2.24) is 4.57 Å². The molecule has 64 valence electrons. The van der Waals surface area contributed by atoms with E-state index in [-0.39, 0.29) is 24.0 Å². The maximum absolute atomic E-state index is 2.25. The third kappa shape index (κ3) is 2.18. The Kier molecular flexibility index (Phi) is 4.07. The number of aromatic nitrogens is 2. The second-order valence-corrected chi connectivity index (χ2v) is 2.96. The molecule has 0 radical (unpaired) electrons. The highest BCUT2D eigenvalue weighted by Gasteiger charge is 2.10. The van der Waals surface area contributed by atoms with Crippen molar-refractivity contribution < 1.29 is 28.5 Å². The van der Waals surface area contributed by atoms with Gasteiger partial charge in [0.25, 0.3) is 5.82 Å². The number of hydrogen-bond donors (Lipinski definition) is 0. The van der Waals surface area contributed by atoms with Crippen LogP contribution in [0.15, 0.2) is 12.4 Å². The number of halogens is 1. The number of hydrogen-bond acceptors (Lipinski definition) is 0. The fraction of sp³-hybridized carbons (Fsp3) is 0.625. The van der Waals surface area contributed by atoms with Crippen molar-refractivity contribution in [2.75, 3.05) is 0 Å². The summed E-state index contributed by atoms with van der Waals surface area (Å²) in [4.78, 5) is 0. The van der Waals surface area contributed by atoms with Crippen LogP contribution in [0.4, 0.5) is 0 Å². The molecular formula is C8H15IN2. The molecule has 0 aliphatic heterocycles. The summed E-state index contributed by atoms with van der Waals surface area (Å²) < 4.78 is 4.38. The molecule has 1 rings (SSSR count). The molecule has 0 N–H and O–H groups in total. The minimum Gasteiger partial charge on any atom is -1.00 e. The van der Waals surface area contributed by atoms with E-state index in [0.717, 1.165) is 0 Å². The van der Waals surface area contributed by atoms with Crippen molar-refractivity contribution in [3.05, 3.63) is 18.2 Å². The second kappa shape index (κ2) is 4.09. The summed E-state index contributed by atoms with van der Waals surface area (Å²) in [6.45, 7) is 6.50.